The van der Waals surface area contributed by atoms with E-state index in [1.165, 1.54) is 39.6 Å². The molecular weight excluding hydrogens is 510 g/mol. The highest BCUT2D eigenvalue weighted by atomic mass is 32.2. The number of hydrogen-bond donors (Lipinski definition) is 2. The molecule has 0 aromatic heterocycles. The molecule has 7 heteroatoms. The SMILES string of the molecule is C[C@@H](c1ccc(NCc2ccc3c(c2)-c2ccc(OCCCS(C)(=O)=O)cc2CCC3)cc1)C1C[C@H]1C(=O)O. The Kier molecular flexibility index (Phi) is 7.98. The largest absolute Gasteiger partial charge is 0.494 e. The van der Waals surface area contributed by atoms with E-state index in [4.69, 9.17) is 4.74 Å². The Balaban J connectivity index is 1.23. The maximum absolute atomic E-state index is 11.4. The summed E-state index contributed by atoms with van der Waals surface area (Å²) < 4.78 is 28.6. The van der Waals surface area contributed by atoms with E-state index in [0.717, 1.165) is 37.1 Å². The number of fused-ring (bicyclic) bond motifs is 3. The van der Waals surface area contributed by atoms with Crippen LogP contribution in [0.4, 0.5) is 5.69 Å². The van der Waals surface area contributed by atoms with Gasteiger partial charge < -0.3 is 15.2 Å². The highest BCUT2D eigenvalue weighted by Crippen LogP contribution is 2.48. The molecule has 2 aliphatic carbocycles. The van der Waals surface area contributed by atoms with Gasteiger partial charge in [0.05, 0.1) is 18.3 Å². The first kappa shape index (κ1) is 27.3. The molecule has 0 aliphatic heterocycles. The standard InChI is InChI=1S/C32H37NO5S/c1-21(29-19-31(29)32(34)35)23-9-11-26(12-10-23)33-20-22-7-8-24-5-3-6-25-18-27(13-14-28(25)30(24)17-22)38-15-4-16-39(2,36)37/h7-14,17-18,21,29,31,33H,3-6,15-16,19-20H2,1-2H3,(H,34,35)/t21-,29?,31+/m0/s1. The Hall–Kier alpha value is -3.32. The van der Waals surface area contributed by atoms with Crippen LogP contribution in [0.1, 0.15) is 54.4 Å². The fourth-order valence-corrected chi connectivity index (χ4v) is 6.36. The van der Waals surface area contributed by atoms with E-state index in [9.17, 15) is 18.3 Å². The predicted molar refractivity (Wildman–Crippen MR) is 155 cm³/mol. The lowest BCUT2D eigenvalue weighted by molar-refractivity contribution is -0.138. The van der Waals surface area contributed by atoms with Gasteiger partial charge in [-0.25, -0.2) is 8.42 Å². The van der Waals surface area contributed by atoms with E-state index in [1.54, 1.807) is 0 Å². The van der Waals surface area contributed by atoms with Gasteiger partial charge in [-0.15, -0.1) is 0 Å². The van der Waals surface area contributed by atoms with Crippen molar-refractivity contribution in [2.75, 3.05) is 23.9 Å². The summed E-state index contributed by atoms with van der Waals surface area (Å²) in [5.41, 5.74) is 8.59. The van der Waals surface area contributed by atoms with Crippen LogP contribution >= 0.6 is 0 Å². The molecule has 0 heterocycles. The van der Waals surface area contributed by atoms with E-state index < -0.39 is 15.8 Å². The molecule has 39 heavy (non-hydrogen) atoms. The highest BCUT2D eigenvalue weighted by molar-refractivity contribution is 7.90. The number of anilines is 1. The topological polar surface area (TPSA) is 92.7 Å². The Labute approximate surface area is 231 Å². The van der Waals surface area contributed by atoms with Gasteiger partial charge in [0.25, 0.3) is 0 Å². The summed E-state index contributed by atoms with van der Waals surface area (Å²) in [6.07, 6.45) is 5.61. The van der Waals surface area contributed by atoms with Crippen LogP contribution in [0.25, 0.3) is 11.1 Å². The third kappa shape index (κ3) is 6.82. The van der Waals surface area contributed by atoms with Gasteiger partial charge in [-0.3, -0.25) is 4.79 Å². The Morgan fingerprint density at radius 1 is 1.03 bits per heavy atom. The number of hydrogen-bond acceptors (Lipinski definition) is 5. The molecule has 0 amide bonds. The summed E-state index contributed by atoms with van der Waals surface area (Å²) in [6, 6.07) is 21.4. The number of benzene rings is 3. The van der Waals surface area contributed by atoms with Gasteiger partial charge in [0, 0.05) is 18.5 Å². The van der Waals surface area contributed by atoms with Crippen LogP contribution in [0, 0.1) is 11.8 Å². The molecule has 0 saturated heterocycles. The zero-order valence-electron chi connectivity index (χ0n) is 22.7. The molecule has 2 N–H and O–H groups in total. The van der Waals surface area contributed by atoms with E-state index in [0.29, 0.717) is 19.6 Å². The average Bonchev–Trinajstić information content (AvgIpc) is 3.73. The summed E-state index contributed by atoms with van der Waals surface area (Å²) in [7, 11) is -2.97. The zero-order valence-corrected chi connectivity index (χ0v) is 23.5. The molecule has 3 atom stereocenters. The Morgan fingerprint density at radius 3 is 2.51 bits per heavy atom. The van der Waals surface area contributed by atoms with E-state index >= 15 is 0 Å². The monoisotopic (exact) mass is 547 g/mol. The van der Waals surface area contributed by atoms with Crippen LogP contribution < -0.4 is 10.1 Å². The fraction of sp³-hybridized carbons (Fsp3) is 0.406. The van der Waals surface area contributed by atoms with Crippen LogP contribution in [-0.2, 0) is 34.0 Å². The van der Waals surface area contributed by atoms with Crippen LogP contribution in [0.2, 0.25) is 0 Å². The fourth-order valence-electron chi connectivity index (χ4n) is 5.72. The average molecular weight is 548 g/mol. The summed E-state index contributed by atoms with van der Waals surface area (Å²) in [5.74, 6) is 0.557. The number of aliphatic carboxylic acids is 1. The minimum absolute atomic E-state index is 0.138. The van der Waals surface area contributed by atoms with Gasteiger partial charge >= 0.3 is 5.97 Å². The maximum atomic E-state index is 11.4. The van der Waals surface area contributed by atoms with Crippen molar-refractivity contribution in [1.29, 1.82) is 0 Å². The van der Waals surface area contributed by atoms with Crippen molar-refractivity contribution in [3.63, 3.8) is 0 Å². The molecule has 1 saturated carbocycles. The molecule has 5 rings (SSSR count). The lowest BCUT2D eigenvalue weighted by atomic mass is 9.94. The first-order chi connectivity index (χ1) is 18.7. The van der Waals surface area contributed by atoms with Crippen LogP contribution in [0.5, 0.6) is 5.75 Å². The van der Waals surface area contributed by atoms with E-state index in [1.807, 2.05) is 6.07 Å². The second-order valence-electron chi connectivity index (χ2n) is 11.1. The first-order valence-electron chi connectivity index (χ1n) is 13.8. The lowest BCUT2D eigenvalue weighted by Gasteiger charge is -2.15. The van der Waals surface area contributed by atoms with Crippen LogP contribution in [0.3, 0.4) is 0 Å². The molecule has 3 aromatic carbocycles. The number of carboxylic acids is 1. The maximum Gasteiger partial charge on any atom is 0.306 e. The molecular formula is C32H37NO5S. The number of carbonyl (C=O) groups is 1. The molecule has 6 nitrogen and oxygen atoms in total. The molecule has 2 aliphatic rings. The predicted octanol–water partition coefficient (Wildman–Crippen LogP) is 6.09. The van der Waals surface area contributed by atoms with Gasteiger partial charge in [0.2, 0.25) is 0 Å². The minimum atomic E-state index is -2.97. The number of nitrogens with one attached hydrogen (secondary N) is 1. The summed E-state index contributed by atoms with van der Waals surface area (Å²) in [6.45, 7) is 3.22. The molecule has 0 radical (unpaired) electrons. The number of ether oxygens (including phenoxy) is 1. The smallest absolute Gasteiger partial charge is 0.306 e. The van der Waals surface area contributed by atoms with Crippen molar-refractivity contribution in [1.82, 2.24) is 0 Å². The molecule has 0 spiro atoms. The van der Waals surface area contributed by atoms with Crippen molar-refractivity contribution in [3.8, 4) is 16.9 Å². The van der Waals surface area contributed by atoms with E-state index in [2.05, 4.69) is 66.8 Å². The van der Waals surface area contributed by atoms with Crippen molar-refractivity contribution >= 4 is 21.5 Å². The van der Waals surface area contributed by atoms with Gasteiger partial charge in [-0.05, 0) is 108 Å². The van der Waals surface area contributed by atoms with Gasteiger partial charge in [0.15, 0.2) is 0 Å². The second-order valence-corrected chi connectivity index (χ2v) is 13.4. The first-order valence-corrected chi connectivity index (χ1v) is 15.9. The zero-order chi connectivity index (χ0) is 27.6. The normalized spacial score (nSPS) is 18.8. The van der Waals surface area contributed by atoms with Crippen LogP contribution in [0.15, 0.2) is 60.7 Å². The van der Waals surface area contributed by atoms with Crippen molar-refractivity contribution < 1.29 is 23.1 Å². The molecule has 1 fully saturated rings. The van der Waals surface area contributed by atoms with Crippen molar-refractivity contribution in [3.05, 3.63) is 82.9 Å². The van der Waals surface area contributed by atoms with Crippen LogP contribution in [-0.4, -0.2) is 38.1 Å². The second kappa shape index (κ2) is 11.4. The summed E-state index contributed by atoms with van der Waals surface area (Å²) in [5, 5.41) is 12.8. The quantitative estimate of drug-likeness (QED) is 0.282. The Bertz CT molecular complexity index is 1450. The molecule has 0 bridgehead atoms. The summed E-state index contributed by atoms with van der Waals surface area (Å²) >= 11 is 0. The minimum Gasteiger partial charge on any atom is -0.494 e. The molecule has 1 unspecified atom stereocenters. The van der Waals surface area contributed by atoms with Gasteiger partial charge in [-0.1, -0.05) is 37.3 Å². The molecule has 3 aromatic rings. The third-order valence-corrected chi connectivity index (χ3v) is 9.12. The highest BCUT2D eigenvalue weighted by Gasteiger charge is 2.46. The number of aryl methyl sites for hydroxylation is 2. The van der Waals surface area contributed by atoms with Gasteiger partial charge in [-0.2, -0.15) is 0 Å². The number of sulfone groups is 1. The van der Waals surface area contributed by atoms with Gasteiger partial charge in [0.1, 0.15) is 15.6 Å². The van der Waals surface area contributed by atoms with Crippen molar-refractivity contribution in [2.45, 2.75) is 51.5 Å². The number of carboxylic acid groups (broad SMARTS) is 1. The summed E-state index contributed by atoms with van der Waals surface area (Å²) in [4.78, 5) is 11.2. The van der Waals surface area contributed by atoms with Crippen molar-refractivity contribution in [2.24, 2.45) is 11.8 Å². The third-order valence-electron chi connectivity index (χ3n) is 8.09. The van der Waals surface area contributed by atoms with E-state index in [-0.39, 0.29) is 23.5 Å². The number of rotatable bonds is 11. The molecule has 206 valence electrons. The lowest BCUT2D eigenvalue weighted by Crippen LogP contribution is -2.08. The Morgan fingerprint density at radius 2 is 1.79 bits per heavy atom.